The van der Waals surface area contributed by atoms with Gasteiger partial charge in [0.25, 0.3) is 0 Å². The SMILES string of the molecule is C=CC(=O)Nc1cc(Nc2ncc(Cl)c(Nc3ccccc3P(=O)(CC)CC)n2)c(OC)cc1F. The zero-order chi connectivity index (χ0) is 25.6. The number of anilines is 5. The Kier molecular flexibility index (Phi) is 8.48. The minimum absolute atomic E-state index is 0.0747. The number of benzene rings is 2. The lowest BCUT2D eigenvalue weighted by Gasteiger charge is -2.20. The number of hydrogen-bond donors (Lipinski definition) is 3. The molecular formula is C24H26ClFN5O3P. The van der Waals surface area contributed by atoms with Crippen molar-refractivity contribution in [2.24, 2.45) is 0 Å². The first-order chi connectivity index (χ1) is 16.7. The molecule has 3 N–H and O–H groups in total. The Bertz CT molecular complexity index is 1300. The lowest BCUT2D eigenvalue weighted by Crippen LogP contribution is -2.14. The summed E-state index contributed by atoms with van der Waals surface area (Å²) in [4.78, 5) is 20.3. The topological polar surface area (TPSA) is 105 Å². The Morgan fingerprint density at radius 1 is 1.17 bits per heavy atom. The summed E-state index contributed by atoms with van der Waals surface area (Å²) in [5, 5.41) is 9.49. The van der Waals surface area contributed by atoms with Gasteiger partial charge < -0.3 is 25.3 Å². The van der Waals surface area contributed by atoms with E-state index in [4.69, 9.17) is 16.3 Å². The van der Waals surface area contributed by atoms with Crippen LogP contribution in [0.4, 0.5) is 33.2 Å². The lowest BCUT2D eigenvalue weighted by atomic mass is 10.2. The Morgan fingerprint density at radius 2 is 1.89 bits per heavy atom. The van der Waals surface area contributed by atoms with Crippen LogP contribution >= 0.6 is 18.7 Å². The predicted molar refractivity (Wildman–Crippen MR) is 140 cm³/mol. The number of ether oxygens (including phenoxy) is 1. The molecule has 35 heavy (non-hydrogen) atoms. The summed E-state index contributed by atoms with van der Waals surface area (Å²) < 4.78 is 33.0. The lowest BCUT2D eigenvalue weighted by molar-refractivity contribution is -0.111. The van der Waals surface area contributed by atoms with E-state index in [2.05, 4.69) is 32.5 Å². The van der Waals surface area contributed by atoms with Crippen LogP contribution in [0.2, 0.25) is 5.02 Å². The molecule has 1 amide bonds. The summed E-state index contributed by atoms with van der Waals surface area (Å²) in [5.41, 5.74) is 0.873. The number of carbonyl (C=O) groups excluding carboxylic acids is 1. The first-order valence-electron chi connectivity index (χ1n) is 10.8. The maximum atomic E-state index is 14.4. The second-order valence-electron chi connectivity index (χ2n) is 7.40. The van der Waals surface area contributed by atoms with Gasteiger partial charge in [0.1, 0.15) is 17.9 Å². The molecule has 2 aromatic carbocycles. The van der Waals surface area contributed by atoms with Gasteiger partial charge in [0.05, 0.1) is 30.4 Å². The number of nitrogens with zero attached hydrogens (tertiary/aromatic N) is 2. The molecule has 0 fully saturated rings. The third-order valence-electron chi connectivity index (χ3n) is 5.34. The van der Waals surface area contributed by atoms with Gasteiger partial charge in [-0.2, -0.15) is 4.98 Å². The molecule has 3 rings (SSSR count). The van der Waals surface area contributed by atoms with E-state index in [1.54, 1.807) is 0 Å². The molecule has 0 aliphatic carbocycles. The monoisotopic (exact) mass is 517 g/mol. The van der Waals surface area contributed by atoms with Crippen molar-refractivity contribution in [1.29, 1.82) is 0 Å². The fourth-order valence-corrected chi connectivity index (χ4v) is 5.56. The molecule has 184 valence electrons. The molecule has 0 aliphatic rings. The van der Waals surface area contributed by atoms with E-state index in [0.29, 0.717) is 23.7 Å². The van der Waals surface area contributed by atoms with Gasteiger partial charge in [-0.05, 0) is 24.3 Å². The van der Waals surface area contributed by atoms with Gasteiger partial charge in [-0.1, -0.05) is 44.2 Å². The number of nitrogens with one attached hydrogen (secondary N) is 3. The van der Waals surface area contributed by atoms with Crippen molar-refractivity contribution in [1.82, 2.24) is 9.97 Å². The van der Waals surface area contributed by atoms with E-state index in [-0.39, 0.29) is 28.2 Å². The first kappa shape index (κ1) is 26.2. The summed E-state index contributed by atoms with van der Waals surface area (Å²) >= 11 is 6.35. The maximum Gasteiger partial charge on any atom is 0.247 e. The van der Waals surface area contributed by atoms with E-state index in [1.165, 1.54) is 19.4 Å². The van der Waals surface area contributed by atoms with Crippen LogP contribution in [0.3, 0.4) is 0 Å². The van der Waals surface area contributed by atoms with Gasteiger partial charge in [-0.3, -0.25) is 4.79 Å². The van der Waals surface area contributed by atoms with Crippen molar-refractivity contribution in [2.45, 2.75) is 13.8 Å². The molecule has 0 saturated carbocycles. The van der Waals surface area contributed by atoms with Crippen molar-refractivity contribution in [3.63, 3.8) is 0 Å². The Hall–Kier alpha value is -3.42. The molecule has 0 saturated heterocycles. The van der Waals surface area contributed by atoms with Crippen LogP contribution in [0.25, 0.3) is 0 Å². The van der Waals surface area contributed by atoms with Gasteiger partial charge in [0.15, 0.2) is 11.6 Å². The van der Waals surface area contributed by atoms with Gasteiger partial charge in [-0.25, -0.2) is 9.37 Å². The molecule has 0 aliphatic heterocycles. The highest BCUT2D eigenvalue weighted by atomic mass is 35.5. The van der Waals surface area contributed by atoms with Crippen LogP contribution in [-0.2, 0) is 9.36 Å². The number of carbonyl (C=O) groups is 1. The van der Waals surface area contributed by atoms with E-state index in [9.17, 15) is 13.8 Å². The summed E-state index contributed by atoms with van der Waals surface area (Å²) in [5.74, 6) is -0.658. The van der Waals surface area contributed by atoms with E-state index < -0.39 is 18.9 Å². The molecule has 3 aromatic rings. The van der Waals surface area contributed by atoms with Crippen LogP contribution in [0.1, 0.15) is 13.8 Å². The second kappa shape index (κ2) is 11.3. The molecule has 0 bridgehead atoms. The summed E-state index contributed by atoms with van der Waals surface area (Å²) in [7, 11) is -1.20. The number of methoxy groups -OCH3 is 1. The zero-order valence-corrected chi connectivity index (χ0v) is 21.2. The maximum absolute atomic E-state index is 14.4. The summed E-state index contributed by atoms with van der Waals surface area (Å²) in [6, 6.07) is 9.81. The van der Waals surface area contributed by atoms with Crippen molar-refractivity contribution in [2.75, 3.05) is 35.4 Å². The fourth-order valence-electron chi connectivity index (χ4n) is 3.36. The van der Waals surface area contributed by atoms with Crippen LogP contribution < -0.4 is 26.0 Å². The van der Waals surface area contributed by atoms with E-state index >= 15 is 0 Å². The molecule has 0 atom stereocenters. The van der Waals surface area contributed by atoms with Gasteiger partial charge in [-0.15, -0.1) is 0 Å². The van der Waals surface area contributed by atoms with Crippen LogP contribution in [0.15, 0.2) is 55.3 Å². The van der Waals surface area contributed by atoms with E-state index in [1.807, 2.05) is 38.1 Å². The van der Waals surface area contributed by atoms with Crippen molar-refractivity contribution < 1.29 is 18.5 Å². The third kappa shape index (κ3) is 5.99. The molecule has 0 spiro atoms. The van der Waals surface area contributed by atoms with Crippen LogP contribution in [0.5, 0.6) is 5.75 Å². The highest BCUT2D eigenvalue weighted by molar-refractivity contribution is 7.71. The molecule has 0 radical (unpaired) electrons. The molecule has 8 nitrogen and oxygen atoms in total. The third-order valence-corrected chi connectivity index (χ3v) is 8.93. The molecule has 11 heteroatoms. The van der Waals surface area contributed by atoms with Crippen molar-refractivity contribution in [3.05, 3.63) is 66.1 Å². The zero-order valence-electron chi connectivity index (χ0n) is 19.6. The number of amides is 1. The highest BCUT2D eigenvalue weighted by Gasteiger charge is 2.24. The van der Waals surface area contributed by atoms with Gasteiger partial charge in [0.2, 0.25) is 11.9 Å². The van der Waals surface area contributed by atoms with Crippen LogP contribution in [0, 0.1) is 5.82 Å². The Balaban J connectivity index is 1.96. The van der Waals surface area contributed by atoms with Gasteiger partial charge in [0, 0.05) is 23.7 Å². The minimum Gasteiger partial charge on any atom is -0.494 e. The Morgan fingerprint density at radius 3 is 2.54 bits per heavy atom. The molecule has 0 unspecified atom stereocenters. The first-order valence-corrected chi connectivity index (χ1v) is 13.2. The fraction of sp³-hybridized carbons (Fsp3) is 0.208. The number of rotatable bonds is 10. The minimum atomic E-state index is -2.58. The quantitative estimate of drug-likeness (QED) is 0.226. The number of halogens is 2. The largest absolute Gasteiger partial charge is 0.494 e. The summed E-state index contributed by atoms with van der Waals surface area (Å²) in [6.45, 7) is 7.17. The standard InChI is InChI=1S/C24H26ClFN5O3P/c1-5-22(32)28-18-13-19(20(34-4)12-16(18)26)30-24-27-14-15(25)23(31-24)29-17-10-8-9-11-21(17)35(33,6-2)7-3/h5,8-14H,1,6-7H2,2-4H3,(H,28,32)(H2,27,29,30,31). The molecule has 1 heterocycles. The second-order valence-corrected chi connectivity index (χ2v) is 11.3. The Labute approximate surface area is 208 Å². The molecular weight excluding hydrogens is 492 g/mol. The van der Waals surface area contributed by atoms with E-state index in [0.717, 1.165) is 17.4 Å². The smallest absolute Gasteiger partial charge is 0.247 e. The predicted octanol–water partition coefficient (Wildman–Crippen LogP) is 5.92. The average molecular weight is 518 g/mol. The van der Waals surface area contributed by atoms with Crippen molar-refractivity contribution in [3.8, 4) is 5.75 Å². The van der Waals surface area contributed by atoms with Gasteiger partial charge >= 0.3 is 0 Å². The van der Waals surface area contributed by atoms with Crippen LogP contribution in [-0.4, -0.2) is 35.3 Å². The highest BCUT2D eigenvalue weighted by Crippen LogP contribution is 2.46. The normalized spacial score (nSPS) is 11.0. The van der Waals surface area contributed by atoms with Crippen molar-refractivity contribution >= 4 is 58.8 Å². The molecule has 1 aromatic heterocycles. The summed E-state index contributed by atoms with van der Waals surface area (Å²) in [6.07, 6.45) is 3.49. The number of aromatic nitrogens is 2. The number of hydrogen-bond acceptors (Lipinski definition) is 7. The number of para-hydroxylation sites is 1. The average Bonchev–Trinajstić information content (AvgIpc) is 2.87.